The minimum Gasteiger partial charge on any atom is -0.352 e. The number of halogens is 1. The van der Waals surface area contributed by atoms with Crippen LogP contribution in [0.4, 0.5) is 0 Å². The van der Waals surface area contributed by atoms with Crippen LogP contribution in [0.15, 0.2) is 30.3 Å². The Kier molecular flexibility index (Phi) is 10.2. The first-order chi connectivity index (χ1) is 8.76. The Bertz CT molecular complexity index is 343. The third-order valence-corrected chi connectivity index (χ3v) is 3.04. The Labute approximate surface area is 122 Å². The van der Waals surface area contributed by atoms with Gasteiger partial charge >= 0.3 is 0 Å². The SMILES string of the molecule is CCCCC(CN)NC(=O)CCc1ccccc1.Cl. The first kappa shape index (κ1) is 17.9. The van der Waals surface area contributed by atoms with Crippen LogP contribution in [-0.2, 0) is 11.2 Å². The maximum Gasteiger partial charge on any atom is 0.220 e. The van der Waals surface area contributed by atoms with Crippen molar-refractivity contribution in [3.8, 4) is 0 Å². The summed E-state index contributed by atoms with van der Waals surface area (Å²) in [5.41, 5.74) is 6.85. The molecule has 0 aliphatic carbocycles. The fourth-order valence-corrected chi connectivity index (χ4v) is 1.90. The molecule has 0 radical (unpaired) electrons. The van der Waals surface area contributed by atoms with Crippen molar-refractivity contribution >= 4 is 18.3 Å². The van der Waals surface area contributed by atoms with Crippen LogP contribution in [0.1, 0.15) is 38.2 Å². The second-order valence-electron chi connectivity index (χ2n) is 4.63. The van der Waals surface area contributed by atoms with E-state index in [1.165, 1.54) is 5.56 Å². The zero-order valence-electron chi connectivity index (χ0n) is 11.6. The molecule has 0 saturated carbocycles. The summed E-state index contributed by atoms with van der Waals surface area (Å²) in [6.45, 7) is 2.67. The average Bonchev–Trinajstić information content (AvgIpc) is 2.42. The number of hydrogen-bond acceptors (Lipinski definition) is 2. The van der Waals surface area contributed by atoms with Gasteiger partial charge in [-0.15, -0.1) is 12.4 Å². The van der Waals surface area contributed by atoms with E-state index in [1.54, 1.807) is 0 Å². The van der Waals surface area contributed by atoms with Crippen LogP contribution in [0.5, 0.6) is 0 Å². The lowest BCUT2D eigenvalue weighted by molar-refractivity contribution is -0.121. The van der Waals surface area contributed by atoms with Gasteiger partial charge in [-0.1, -0.05) is 50.1 Å². The smallest absolute Gasteiger partial charge is 0.220 e. The van der Waals surface area contributed by atoms with Crippen LogP contribution < -0.4 is 11.1 Å². The molecule has 3 N–H and O–H groups in total. The normalized spacial score (nSPS) is 11.5. The molecule has 0 saturated heterocycles. The van der Waals surface area contributed by atoms with Gasteiger partial charge in [0.2, 0.25) is 5.91 Å². The van der Waals surface area contributed by atoms with Gasteiger partial charge < -0.3 is 11.1 Å². The summed E-state index contributed by atoms with van der Waals surface area (Å²) in [4.78, 5) is 11.8. The summed E-state index contributed by atoms with van der Waals surface area (Å²) in [5, 5.41) is 3.01. The van der Waals surface area contributed by atoms with Crippen molar-refractivity contribution in [3.63, 3.8) is 0 Å². The molecule has 1 atom stereocenters. The number of hydrogen-bond donors (Lipinski definition) is 2. The van der Waals surface area contributed by atoms with Gasteiger partial charge in [-0.25, -0.2) is 0 Å². The predicted octanol–water partition coefficient (Wildman–Crippen LogP) is 2.67. The van der Waals surface area contributed by atoms with Gasteiger partial charge in [-0.3, -0.25) is 4.79 Å². The van der Waals surface area contributed by atoms with Crippen LogP contribution >= 0.6 is 12.4 Å². The molecule has 1 aromatic rings. The highest BCUT2D eigenvalue weighted by atomic mass is 35.5. The number of carbonyl (C=O) groups excluding carboxylic acids is 1. The largest absolute Gasteiger partial charge is 0.352 e. The van der Waals surface area contributed by atoms with Crippen molar-refractivity contribution < 1.29 is 4.79 Å². The second kappa shape index (κ2) is 10.8. The van der Waals surface area contributed by atoms with Crippen LogP contribution in [0.2, 0.25) is 0 Å². The molecular weight excluding hydrogens is 260 g/mol. The van der Waals surface area contributed by atoms with E-state index >= 15 is 0 Å². The summed E-state index contributed by atoms with van der Waals surface area (Å²) in [5.74, 6) is 0.102. The first-order valence-corrected chi connectivity index (χ1v) is 6.79. The van der Waals surface area contributed by atoms with Crippen molar-refractivity contribution in [2.75, 3.05) is 6.54 Å². The molecule has 0 aliphatic heterocycles. The number of rotatable bonds is 8. The molecule has 108 valence electrons. The van der Waals surface area contributed by atoms with Gasteiger partial charge in [-0.05, 0) is 18.4 Å². The van der Waals surface area contributed by atoms with Crippen molar-refractivity contribution in [2.24, 2.45) is 5.73 Å². The Morgan fingerprint density at radius 2 is 2.00 bits per heavy atom. The van der Waals surface area contributed by atoms with E-state index in [1.807, 2.05) is 30.3 Å². The summed E-state index contributed by atoms with van der Waals surface area (Å²) in [7, 11) is 0. The number of unbranched alkanes of at least 4 members (excludes halogenated alkanes) is 1. The van der Waals surface area contributed by atoms with E-state index in [2.05, 4.69) is 12.2 Å². The molecule has 0 spiro atoms. The zero-order chi connectivity index (χ0) is 13.2. The highest BCUT2D eigenvalue weighted by Crippen LogP contribution is 2.04. The van der Waals surface area contributed by atoms with Crippen LogP contribution in [0, 0.1) is 0 Å². The molecule has 0 aliphatic rings. The van der Waals surface area contributed by atoms with Crippen molar-refractivity contribution in [2.45, 2.75) is 45.1 Å². The number of amides is 1. The van der Waals surface area contributed by atoms with Gasteiger partial charge in [0, 0.05) is 19.0 Å². The summed E-state index contributed by atoms with van der Waals surface area (Å²) < 4.78 is 0. The lowest BCUT2D eigenvalue weighted by Gasteiger charge is -2.16. The number of aryl methyl sites for hydroxylation is 1. The van der Waals surface area contributed by atoms with Crippen LogP contribution in [0.3, 0.4) is 0 Å². The molecule has 0 aromatic heterocycles. The molecule has 1 amide bonds. The molecule has 4 heteroatoms. The summed E-state index contributed by atoms with van der Waals surface area (Å²) >= 11 is 0. The Balaban J connectivity index is 0.00000324. The molecule has 1 unspecified atom stereocenters. The standard InChI is InChI=1S/C15H24N2O.ClH/c1-2-3-9-14(12-16)17-15(18)11-10-13-7-5-4-6-8-13;/h4-8,14H,2-3,9-12,16H2,1H3,(H,17,18);1H. The van der Waals surface area contributed by atoms with E-state index in [9.17, 15) is 4.79 Å². The first-order valence-electron chi connectivity index (χ1n) is 6.79. The fraction of sp³-hybridized carbons (Fsp3) is 0.533. The van der Waals surface area contributed by atoms with E-state index in [4.69, 9.17) is 5.73 Å². The lowest BCUT2D eigenvalue weighted by atomic mass is 10.1. The number of carbonyl (C=O) groups is 1. The second-order valence-corrected chi connectivity index (χ2v) is 4.63. The Morgan fingerprint density at radius 3 is 2.58 bits per heavy atom. The molecule has 1 aromatic carbocycles. The lowest BCUT2D eigenvalue weighted by Crippen LogP contribution is -2.40. The molecule has 0 fully saturated rings. The monoisotopic (exact) mass is 284 g/mol. The molecule has 0 heterocycles. The van der Waals surface area contributed by atoms with Gasteiger partial charge in [0.05, 0.1) is 0 Å². The number of nitrogens with two attached hydrogens (primary N) is 1. The van der Waals surface area contributed by atoms with E-state index in [0.29, 0.717) is 13.0 Å². The molecular formula is C15H25ClN2O. The average molecular weight is 285 g/mol. The fourth-order valence-electron chi connectivity index (χ4n) is 1.90. The van der Waals surface area contributed by atoms with E-state index in [-0.39, 0.29) is 24.4 Å². The number of nitrogens with one attached hydrogen (secondary N) is 1. The van der Waals surface area contributed by atoms with Gasteiger partial charge in [0.15, 0.2) is 0 Å². The van der Waals surface area contributed by atoms with E-state index in [0.717, 1.165) is 25.7 Å². The van der Waals surface area contributed by atoms with Crippen molar-refractivity contribution in [3.05, 3.63) is 35.9 Å². The molecule has 0 bridgehead atoms. The topological polar surface area (TPSA) is 55.1 Å². The maximum atomic E-state index is 11.8. The maximum absolute atomic E-state index is 11.8. The molecule has 3 nitrogen and oxygen atoms in total. The molecule has 1 rings (SSSR count). The highest BCUT2D eigenvalue weighted by molar-refractivity contribution is 5.85. The summed E-state index contributed by atoms with van der Waals surface area (Å²) in [6, 6.07) is 10.2. The summed E-state index contributed by atoms with van der Waals surface area (Å²) in [6.07, 6.45) is 4.55. The third kappa shape index (κ3) is 7.85. The minimum absolute atomic E-state index is 0. The number of benzene rings is 1. The quantitative estimate of drug-likeness (QED) is 0.771. The highest BCUT2D eigenvalue weighted by Gasteiger charge is 2.09. The minimum atomic E-state index is 0. The van der Waals surface area contributed by atoms with Crippen LogP contribution in [0.25, 0.3) is 0 Å². The van der Waals surface area contributed by atoms with Crippen molar-refractivity contribution in [1.29, 1.82) is 0 Å². The Hall–Kier alpha value is -1.06. The third-order valence-electron chi connectivity index (χ3n) is 3.04. The molecule has 19 heavy (non-hydrogen) atoms. The van der Waals surface area contributed by atoms with Crippen LogP contribution in [-0.4, -0.2) is 18.5 Å². The van der Waals surface area contributed by atoms with Gasteiger partial charge in [0.25, 0.3) is 0 Å². The van der Waals surface area contributed by atoms with Gasteiger partial charge in [0.1, 0.15) is 0 Å². The predicted molar refractivity (Wildman–Crippen MR) is 82.5 cm³/mol. The van der Waals surface area contributed by atoms with E-state index < -0.39 is 0 Å². The Morgan fingerprint density at radius 1 is 1.32 bits per heavy atom. The van der Waals surface area contributed by atoms with Gasteiger partial charge in [-0.2, -0.15) is 0 Å². The van der Waals surface area contributed by atoms with Crippen molar-refractivity contribution in [1.82, 2.24) is 5.32 Å². The zero-order valence-corrected chi connectivity index (χ0v) is 12.4.